The first kappa shape index (κ1) is 24.4. The first-order chi connectivity index (χ1) is 13.6. The van der Waals surface area contributed by atoms with Crippen LogP contribution in [0.3, 0.4) is 0 Å². The zero-order chi connectivity index (χ0) is 19.9. The monoisotopic (exact) mass is 547 g/mol. The van der Waals surface area contributed by atoms with Crippen LogP contribution in [-0.4, -0.2) is 49.6 Å². The smallest absolute Gasteiger partial charge is 0.191 e. The van der Waals surface area contributed by atoms with Crippen molar-refractivity contribution in [1.82, 2.24) is 20.5 Å². The number of nitrogens with zero attached hydrogens (tertiary/aromatic N) is 3. The highest BCUT2D eigenvalue weighted by Crippen LogP contribution is 2.35. The Balaban J connectivity index is 0.00000300. The molecule has 2 N–H and O–H groups in total. The molecule has 1 aromatic heterocycles. The molecule has 29 heavy (non-hydrogen) atoms. The van der Waals surface area contributed by atoms with Crippen molar-refractivity contribution in [2.45, 2.75) is 32.2 Å². The number of nitrogens with one attached hydrogen (secondary N) is 2. The number of likely N-dealkylation sites (tertiary alicyclic amines) is 1. The van der Waals surface area contributed by atoms with Crippen LogP contribution in [0.4, 0.5) is 0 Å². The molecule has 2 aromatic rings. The average Bonchev–Trinajstić information content (AvgIpc) is 3.09. The van der Waals surface area contributed by atoms with Crippen LogP contribution in [-0.2, 0) is 6.42 Å². The van der Waals surface area contributed by atoms with Gasteiger partial charge in [-0.15, -0.1) is 35.3 Å². The fraction of sp³-hybridized carbons (Fsp3) is 0.524. The lowest BCUT2D eigenvalue weighted by Crippen LogP contribution is -2.45. The zero-order valence-electron chi connectivity index (χ0n) is 17.3. The zero-order valence-corrected chi connectivity index (χ0v) is 21.2. The third-order valence-electron chi connectivity index (χ3n) is 5.25. The second kappa shape index (κ2) is 12.1. The Kier molecular flexibility index (Phi) is 10.1. The molecular weight excluding hydrogens is 517 g/mol. The Labute approximate surface area is 200 Å². The largest absolute Gasteiger partial charge is 0.356 e. The van der Waals surface area contributed by atoms with Gasteiger partial charge in [0.2, 0.25) is 0 Å². The van der Waals surface area contributed by atoms with Gasteiger partial charge in [0.1, 0.15) is 0 Å². The standard InChI is InChI=1S/C21H30ClN5S.HI/c1-15-13-25-19(28-15)9-10-24-21(23-2)26-14-17-7-5-11-27(3)20(17)16-6-4-8-18(22)12-16;/h4,6,8,12-13,17,20H,5,7,9-11,14H2,1-3H3,(H2,23,24,26);1H. The van der Waals surface area contributed by atoms with Crippen LogP contribution in [0, 0.1) is 12.8 Å². The maximum Gasteiger partial charge on any atom is 0.191 e. The van der Waals surface area contributed by atoms with Crippen LogP contribution in [0.5, 0.6) is 0 Å². The van der Waals surface area contributed by atoms with E-state index in [2.05, 4.69) is 51.6 Å². The summed E-state index contributed by atoms with van der Waals surface area (Å²) in [5.41, 5.74) is 1.29. The van der Waals surface area contributed by atoms with Crippen LogP contribution in [0.25, 0.3) is 0 Å². The Morgan fingerprint density at radius 1 is 1.38 bits per heavy atom. The minimum atomic E-state index is 0. The molecule has 0 saturated carbocycles. The molecule has 0 bridgehead atoms. The molecule has 1 fully saturated rings. The van der Waals surface area contributed by atoms with Crippen molar-refractivity contribution in [3.63, 3.8) is 0 Å². The van der Waals surface area contributed by atoms with E-state index < -0.39 is 0 Å². The van der Waals surface area contributed by atoms with Crippen LogP contribution in [0.1, 0.15) is 34.3 Å². The van der Waals surface area contributed by atoms with Crippen molar-refractivity contribution in [3.8, 4) is 0 Å². The summed E-state index contributed by atoms with van der Waals surface area (Å²) in [6, 6.07) is 8.65. The van der Waals surface area contributed by atoms with Gasteiger partial charge in [0.15, 0.2) is 5.96 Å². The highest BCUT2D eigenvalue weighted by atomic mass is 127. The lowest BCUT2D eigenvalue weighted by molar-refractivity contribution is 0.122. The van der Waals surface area contributed by atoms with Gasteiger partial charge in [-0.1, -0.05) is 23.7 Å². The number of thiazole rings is 1. The molecule has 1 saturated heterocycles. The molecule has 2 atom stereocenters. The average molecular weight is 548 g/mol. The number of piperidine rings is 1. The summed E-state index contributed by atoms with van der Waals surface area (Å²) in [5, 5.41) is 8.91. The molecule has 0 radical (unpaired) electrons. The summed E-state index contributed by atoms with van der Waals surface area (Å²) in [5.74, 6) is 1.36. The first-order valence-electron chi connectivity index (χ1n) is 9.88. The number of hydrogen-bond acceptors (Lipinski definition) is 4. The molecule has 2 unspecified atom stereocenters. The number of aliphatic imine (C=N–C) groups is 1. The lowest BCUT2D eigenvalue weighted by Gasteiger charge is -2.40. The number of guanidine groups is 1. The van der Waals surface area contributed by atoms with Gasteiger partial charge >= 0.3 is 0 Å². The molecule has 160 valence electrons. The summed E-state index contributed by atoms with van der Waals surface area (Å²) >= 11 is 8.01. The number of rotatable bonds is 6. The van der Waals surface area contributed by atoms with E-state index in [1.54, 1.807) is 11.3 Å². The van der Waals surface area contributed by atoms with Crippen molar-refractivity contribution in [3.05, 3.63) is 50.9 Å². The molecule has 3 rings (SSSR count). The summed E-state index contributed by atoms with van der Waals surface area (Å²) in [6.07, 6.45) is 5.26. The van der Waals surface area contributed by atoms with Gasteiger partial charge in [-0.3, -0.25) is 9.89 Å². The molecule has 0 aliphatic carbocycles. The van der Waals surface area contributed by atoms with Crippen LogP contribution in [0.15, 0.2) is 35.5 Å². The van der Waals surface area contributed by atoms with E-state index in [-0.39, 0.29) is 24.0 Å². The molecule has 2 heterocycles. The highest BCUT2D eigenvalue weighted by molar-refractivity contribution is 14.0. The molecule has 5 nitrogen and oxygen atoms in total. The summed E-state index contributed by atoms with van der Waals surface area (Å²) in [4.78, 5) is 12.5. The minimum Gasteiger partial charge on any atom is -0.356 e. The Hall–Kier alpha value is -0.900. The number of aryl methyl sites for hydroxylation is 1. The number of aromatic nitrogens is 1. The van der Waals surface area contributed by atoms with Gasteiger partial charge in [-0.05, 0) is 57.0 Å². The van der Waals surface area contributed by atoms with Crippen LogP contribution < -0.4 is 10.6 Å². The molecule has 1 aliphatic rings. The summed E-state index contributed by atoms with van der Waals surface area (Å²) < 4.78 is 0. The van der Waals surface area contributed by atoms with Crippen LogP contribution in [0.2, 0.25) is 5.02 Å². The van der Waals surface area contributed by atoms with E-state index in [9.17, 15) is 0 Å². The molecule has 1 aromatic carbocycles. The number of hydrogen-bond donors (Lipinski definition) is 2. The van der Waals surface area contributed by atoms with Crippen molar-refractivity contribution in [2.24, 2.45) is 10.9 Å². The lowest BCUT2D eigenvalue weighted by atomic mass is 9.85. The fourth-order valence-corrected chi connectivity index (χ4v) is 4.93. The van der Waals surface area contributed by atoms with E-state index in [0.717, 1.165) is 42.0 Å². The SMILES string of the molecule is CN=C(NCCc1ncc(C)s1)NCC1CCCN(C)C1c1cccc(Cl)c1.I. The second-order valence-corrected chi connectivity index (χ2v) is 9.13. The predicted octanol–water partition coefficient (Wildman–Crippen LogP) is 4.51. The quantitative estimate of drug-likeness (QED) is 0.317. The topological polar surface area (TPSA) is 52.6 Å². The molecule has 1 aliphatic heterocycles. The third-order valence-corrected chi connectivity index (χ3v) is 6.46. The number of benzene rings is 1. The van der Waals surface area contributed by atoms with Gasteiger partial charge in [0, 0.05) is 48.7 Å². The summed E-state index contributed by atoms with van der Waals surface area (Å²) in [7, 11) is 4.03. The van der Waals surface area contributed by atoms with Crippen molar-refractivity contribution in [1.29, 1.82) is 0 Å². The Bertz CT molecular complexity index is 797. The third kappa shape index (κ3) is 7.08. The Morgan fingerprint density at radius 2 is 2.21 bits per heavy atom. The molecule has 0 spiro atoms. The maximum atomic E-state index is 6.25. The van der Waals surface area contributed by atoms with Crippen molar-refractivity contribution >= 4 is 52.9 Å². The van der Waals surface area contributed by atoms with Gasteiger partial charge in [0.25, 0.3) is 0 Å². The minimum absolute atomic E-state index is 0. The second-order valence-electron chi connectivity index (χ2n) is 7.38. The van der Waals surface area contributed by atoms with E-state index in [4.69, 9.17) is 11.6 Å². The van der Waals surface area contributed by atoms with E-state index in [1.165, 1.54) is 23.3 Å². The predicted molar refractivity (Wildman–Crippen MR) is 135 cm³/mol. The normalized spacial score (nSPS) is 20.2. The van der Waals surface area contributed by atoms with Gasteiger partial charge in [-0.25, -0.2) is 4.98 Å². The van der Waals surface area contributed by atoms with Gasteiger partial charge in [-0.2, -0.15) is 0 Å². The van der Waals surface area contributed by atoms with E-state index in [1.807, 2.05) is 25.4 Å². The van der Waals surface area contributed by atoms with Crippen molar-refractivity contribution < 1.29 is 0 Å². The molecule has 8 heteroatoms. The maximum absolute atomic E-state index is 6.25. The van der Waals surface area contributed by atoms with Gasteiger partial charge < -0.3 is 10.6 Å². The van der Waals surface area contributed by atoms with Crippen molar-refractivity contribution in [2.75, 3.05) is 33.7 Å². The van der Waals surface area contributed by atoms with E-state index in [0.29, 0.717) is 12.0 Å². The summed E-state index contributed by atoms with van der Waals surface area (Å²) in [6.45, 7) is 4.92. The fourth-order valence-electron chi connectivity index (χ4n) is 3.94. The molecule has 0 amide bonds. The molecular formula is C21H31ClIN5S. The highest BCUT2D eigenvalue weighted by Gasteiger charge is 2.30. The van der Waals surface area contributed by atoms with Gasteiger partial charge in [0.05, 0.1) is 5.01 Å². The first-order valence-corrected chi connectivity index (χ1v) is 11.1. The number of halogens is 2. The van der Waals surface area contributed by atoms with E-state index >= 15 is 0 Å². The Morgan fingerprint density at radius 3 is 2.90 bits per heavy atom. The van der Waals surface area contributed by atoms with Crippen LogP contribution >= 0.6 is 46.9 Å².